The Morgan fingerprint density at radius 1 is 0.519 bits per heavy atom. The van der Waals surface area contributed by atoms with Gasteiger partial charge in [-0.1, -0.05) is 239 Å². The van der Waals surface area contributed by atoms with Gasteiger partial charge >= 0.3 is 5.97 Å². The standard InChI is InChI=1S/C66H111NO10/c1-4-7-10-13-16-19-22-24-25-26-27-28-29-30-31-32-33-34-35-36-39-42-45-48-51-54-61(71)77-64-63(73)62(72)60(55-68)76-66(64)75-56-57(58(69)52-49-46-43-40-37-21-18-15-12-9-6-3)67-65(74)59(70)53-50-47-44-41-38-23-20-17-14-11-8-5-2/h7,10,16,19,24-25,27-28,30-31,33-34,38,41,47,49-50,52,57-60,62-64,66,68-70,72-73H,4-6,8-9,11-15,17-18,20-23,26,29,32,35-37,39-40,42-46,48,51,53-56H2,1-3H3,(H,67,74)/b10-7-,19-16-,25-24-,28-27-,31-30-,34-33-,41-38-,50-47+,52-49+. The smallest absolute Gasteiger partial charge is 0.306 e. The number of esters is 1. The molecule has 8 atom stereocenters. The molecule has 1 amide bonds. The summed E-state index contributed by atoms with van der Waals surface area (Å²) in [6.07, 6.45) is 61.5. The summed E-state index contributed by atoms with van der Waals surface area (Å²) in [7, 11) is 0. The molecule has 77 heavy (non-hydrogen) atoms. The molecule has 0 aliphatic carbocycles. The van der Waals surface area contributed by atoms with E-state index in [0.717, 1.165) is 109 Å². The lowest BCUT2D eigenvalue weighted by Crippen LogP contribution is -2.61. The minimum atomic E-state index is -1.63. The van der Waals surface area contributed by atoms with Crippen LogP contribution in [0.1, 0.15) is 233 Å². The molecule has 0 spiro atoms. The zero-order valence-electron chi connectivity index (χ0n) is 48.5. The number of carbonyl (C=O) groups excluding carboxylic acids is 2. The molecule has 6 N–H and O–H groups in total. The van der Waals surface area contributed by atoms with Crippen molar-refractivity contribution in [3.8, 4) is 0 Å². The average molecular weight is 1080 g/mol. The van der Waals surface area contributed by atoms with Crippen molar-refractivity contribution in [1.82, 2.24) is 5.32 Å². The maximum atomic E-state index is 13.3. The summed E-state index contributed by atoms with van der Waals surface area (Å²) in [6.45, 7) is 5.59. The Morgan fingerprint density at radius 3 is 1.40 bits per heavy atom. The predicted molar refractivity (Wildman–Crippen MR) is 319 cm³/mol. The third kappa shape index (κ3) is 41.1. The van der Waals surface area contributed by atoms with Gasteiger partial charge < -0.3 is 45.1 Å². The van der Waals surface area contributed by atoms with Gasteiger partial charge in [0.2, 0.25) is 5.91 Å². The number of hydrogen-bond donors (Lipinski definition) is 6. The Hall–Kier alpha value is -3.68. The molecule has 0 aromatic rings. The lowest BCUT2D eigenvalue weighted by molar-refractivity contribution is -0.305. The number of nitrogens with one attached hydrogen (secondary N) is 1. The fourth-order valence-corrected chi connectivity index (χ4v) is 8.81. The molecule has 440 valence electrons. The van der Waals surface area contributed by atoms with Gasteiger partial charge in [-0.2, -0.15) is 0 Å². The quantitative estimate of drug-likeness (QED) is 0.0195. The van der Waals surface area contributed by atoms with Crippen LogP contribution >= 0.6 is 0 Å². The highest BCUT2D eigenvalue weighted by Gasteiger charge is 2.47. The molecule has 1 fully saturated rings. The summed E-state index contributed by atoms with van der Waals surface area (Å²) >= 11 is 0. The number of unbranched alkanes of at least 4 members (excludes halogenated alkanes) is 21. The van der Waals surface area contributed by atoms with Gasteiger partial charge in [0, 0.05) is 12.8 Å². The number of aliphatic hydroxyl groups excluding tert-OH is 5. The minimum Gasteiger partial charge on any atom is -0.454 e. The van der Waals surface area contributed by atoms with Crippen molar-refractivity contribution in [2.45, 2.75) is 282 Å². The van der Waals surface area contributed by atoms with Gasteiger partial charge in [-0.15, -0.1) is 0 Å². The molecule has 1 aliphatic rings. The van der Waals surface area contributed by atoms with E-state index in [1.165, 1.54) is 77.0 Å². The first-order valence-corrected chi connectivity index (χ1v) is 30.7. The predicted octanol–water partition coefficient (Wildman–Crippen LogP) is 14.5. The van der Waals surface area contributed by atoms with Crippen LogP contribution in [0.5, 0.6) is 0 Å². The van der Waals surface area contributed by atoms with E-state index in [1.54, 1.807) is 12.2 Å². The van der Waals surface area contributed by atoms with Crippen molar-refractivity contribution < 1.29 is 49.3 Å². The molecule has 11 heteroatoms. The van der Waals surface area contributed by atoms with Crippen LogP contribution in [0.4, 0.5) is 0 Å². The van der Waals surface area contributed by atoms with Gasteiger partial charge in [0.1, 0.15) is 24.4 Å². The molecule has 11 nitrogen and oxygen atoms in total. The second kappa shape index (κ2) is 53.0. The summed E-state index contributed by atoms with van der Waals surface area (Å²) < 4.78 is 17.5. The van der Waals surface area contributed by atoms with Crippen molar-refractivity contribution in [2.75, 3.05) is 13.2 Å². The largest absolute Gasteiger partial charge is 0.454 e. The summed E-state index contributed by atoms with van der Waals surface area (Å²) in [5.74, 6) is -1.29. The first-order chi connectivity index (χ1) is 37.7. The van der Waals surface area contributed by atoms with Crippen LogP contribution in [-0.4, -0.2) is 99.6 Å². The Balaban J connectivity index is 2.65. The zero-order valence-corrected chi connectivity index (χ0v) is 48.5. The van der Waals surface area contributed by atoms with Crippen LogP contribution in [0, 0.1) is 0 Å². The Labute approximate surface area is 468 Å². The van der Waals surface area contributed by atoms with Gasteiger partial charge in [0.15, 0.2) is 12.4 Å². The SMILES string of the molecule is CC/C=C\C/C=C\C/C=C\C/C=C\C/C=C\C/C=C\CCCCCCCCC(=O)OC1C(OCC(NC(=O)C(O)C/C=C/C/C=C\CCCCCCCC)C(O)/C=C/CCCCCCCCCCC)OC(CO)C(O)C1O. The third-order valence-corrected chi connectivity index (χ3v) is 13.7. The molecule has 0 radical (unpaired) electrons. The number of rotatable bonds is 50. The van der Waals surface area contributed by atoms with Crippen LogP contribution in [0.25, 0.3) is 0 Å². The van der Waals surface area contributed by atoms with Crippen LogP contribution < -0.4 is 5.32 Å². The molecular formula is C66H111NO10. The fourth-order valence-electron chi connectivity index (χ4n) is 8.81. The monoisotopic (exact) mass is 1080 g/mol. The highest BCUT2D eigenvalue weighted by molar-refractivity contribution is 5.81. The highest BCUT2D eigenvalue weighted by atomic mass is 16.7. The van der Waals surface area contributed by atoms with Crippen LogP contribution in [0.15, 0.2) is 109 Å². The third-order valence-electron chi connectivity index (χ3n) is 13.7. The number of carbonyl (C=O) groups is 2. The summed E-state index contributed by atoms with van der Waals surface area (Å²) in [5, 5.41) is 56.7. The van der Waals surface area contributed by atoms with Gasteiger partial charge in [-0.05, 0) is 89.9 Å². The topological polar surface area (TPSA) is 175 Å². The zero-order chi connectivity index (χ0) is 56.1. The second-order valence-corrected chi connectivity index (χ2v) is 20.7. The van der Waals surface area contributed by atoms with Gasteiger partial charge in [0.05, 0.1) is 25.4 Å². The number of ether oxygens (including phenoxy) is 3. The number of amides is 1. The Kier molecular flexibility index (Phi) is 49.1. The molecule has 1 aliphatic heterocycles. The molecule has 0 aromatic carbocycles. The second-order valence-electron chi connectivity index (χ2n) is 20.7. The number of allylic oxidation sites excluding steroid dienone is 16. The summed E-state index contributed by atoms with van der Waals surface area (Å²) in [6, 6.07) is -1.06. The van der Waals surface area contributed by atoms with Crippen molar-refractivity contribution in [3.63, 3.8) is 0 Å². The fraction of sp³-hybridized carbons (Fsp3) is 0.697. The lowest BCUT2D eigenvalue weighted by Gasteiger charge is -2.41. The molecule has 0 aromatic heterocycles. The van der Waals surface area contributed by atoms with E-state index >= 15 is 0 Å². The van der Waals surface area contributed by atoms with Crippen LogP contribution in [-0.2, 0) is 23.8 Å². The van der Waals surface area contributed by atoms with E-state index in [2.05, 4.69) is 111 Å². The molecule has 1 saturated heterocycles. The van der Waals surface area contributed by atoms with E-state index in [9.17, 15) is 35.1 Å². The van der Waals surface area contributed by atoms with E-state index in [-0.39, 0.29) is 19.4 Å². The van der Waals surface area contributed by atoms with Crippen LogP contribution in [0.2, 0.25) is 0 Å². The number of aliphatic hydroxyl groups is 5. The molecule has 8 unspecified atom stereocenters. The van der Waals surface area contributed by atoms with Crippen molar-refractivity contribution in [1.29, 1.82) is 0 Å². The summed E-state index contributed by atoms with van der Waals surface area (Å²) in [4.78, 5) is 26.5. The molecule has 1 heterocycles. The average Bonchev–Trinajstić information content (AvgIpc) is 3.43. The maximum Gasteiger partial charge on any atom is 0.306 e. The molecule has 0 bridgehead atoms. The van der Waals surface area contributed by atoms with Crippen molar-refractivity contribution in [2.24, 2.45) is 0 Å². The van der Waals surface area contributed by atoms with E-state index in [0.29, 0.717) is 12.8 Å². The highest BCUT2D eigenvalue weighted by Crippen LogP contribution is 2.26. The van der Waals surface area contributed by atoms with Crippen LogP contribution in [0.3, 0.4) is 0 Å². The van der Waals surface area contributed by atoms with Gasteiger partial charge in [-0.25, -0.2) is 0 Å². The van der Waals surface area contributed by atoms with E-state index < -0.39 is 67.4 Å². The molecular weight excluding hydrogens is 967 g/mol. The minimum absolute atomic E-state index is 0.0757. The van der Waals surface area contributed by atoms with Gasteiger partial charge in [-0.3, -0.25) is 9.59 Å². The lowest BCUT2D eigenvalue weighted by atomic mass is 9.99. The Morgan fingerprint density at radius 2 is 0.935 bits per heavy atom. The summed E-state index contributed by atoms with van der Waals surface area (Å²) in [5.41, 5.74) is 0. The van der Waals surface area contributed by atoms with Crippen molar-refractivity contribution >= 4 is 11.9 Å². The van der Waals surface area contributed by atoms with Gasteiger partial charge in [0.25, 0.3) is 0 Å². The van der Waals surface area contributed by atoms with E-state index in [4.69, 9.17) is 14.2 Å². The normalized spacial score (nSPS) is 19.8. The molecule has 0 saturated carbocycles. The number of hydrogen-bond acceptors (Lipinski definition) is 10. The van der Waals surface area contributed by atoms with Crippen molar-refractivity contribution in [3.05, 3.63) is 109 Å². The first-order valence-electron chi connectivity index (χ1n) is 30.7. The first kappa shape index (κ1) is 71.3. The van der Waals surface area contributed by atoms with E-state index in [1.807, 2.05) is 12.2 Å². The Bertz CT molecular complexity index is 1660. The maximum absolute atomic E-state index is 13.3. The molecule has 1 rings (SSSR count).